The van der Waals surface area contributed by atoms with Crippen molar-refractivity contribution in [1.29, 1.82) is 0 Å². The van der Waals surface area contributed by atoms with Gasteiger partial charge in [0.1, 0.15) is 48.8 Å². The molecule has 0 saturated carbocycles. The number of unbranched alkanes of at least 4 members (excludes halogenated alkanes) is 18. The largest absolute Gasteiger partial charge is 0.394 e. The molecule has 2 rings (SSSR count). The van der Waals surface area contributed by atoms with Gasteiger partial charge in [0, 0.05) is 6.42 Å². The summed E-state index contributed by atoms with van der Waals surface area (Å²) in [5.74, 6) is -0.230. The van der Waals surface area contributed by atoms with Gasteiger partial charge >= 0.3 is 0 Å². The van der Waals surface area contributed by atoms with Crippen molar-refractivity contribution >= 4 is 5.91 Å². The minimum atomic E-state index is -1.79. The van der Waals surface area contributed by atoms with Crippen molar-refractivity contribution in [3.05, 3.63) is 109 Å². The van der Waals surface area contributed by atoms with Crippen molar-refractivity contribution in [3.8, 4) is 0 Å². The summed E-state index contributed by atoms with van der Waals surface area (Å²) in [7, 11) is 0. The number of allylic oxidation sites excluding steroid dienone is 18. The van der Waals surface area contributed by atoms with Crippen LogP contribution < -0.4 is 5.32 Å². The van der Waals surface area contributed by atoms with Crippen LogP contribution in [0.3, 0.4) is 0 Å². The van der Waals surface area contributed by atoms with Crippen molar-refractivity contribution in [2.45, 2.75) is 286 Å². The van der Waals surface area contributed by atoms with E-state index < -0.39 is 86.8 Å². The number of aliphatic hydroxyl groups excluding tert-OH is 8. The van der Waals surface area contributed by atoms with Gasteiger partial charge in [-0.3, -0.25) is 4.79 Å². The monoisotopic (exact) mass is 1140 g/mol. The lowest BCUT2D eigenvalue weighted by atomic mass is 9.97. The van der Waals surface area contributed by atoms with Gasteiger partial charge in [0.25, 0.3) is 0 Å². The van der Waals surface area contributed by atoms with Crippen LogP contribution in [0.2, 0.25) is 0 Å². The van der Waals surface area contributed by atoms with Gasteiger partial charge in [0.2, 0.25) is 5.91 Å². The molecule has 12 unspecified atom stereocenters. The second-order valence-corrected chi connectivity index (χ2v) is 21.8. The highest BCUT2D eigenvalue weighted by molar-refractivity contribution is 5.76. The van der Waals surface area contributed by atoms with Crippen LogP contribution in [-0.4, -0.2) is 140 Å². The summed E-state index contributed by atoms with van der Waals surface area (Å²) in [5.41, 5.74) is 0. The molecular weight excluding hydrogens is 1030 g/mol. The Balaban J connectivity index is 1.70. The number of hydrogen-bond acceptors (Lipinski definition) is 13. The molecule has 2 aliphatic rings. The second kappa shape index (κ2) is 51.1. The topological polar surface area (TPSA) is 228 Å². The lowest BCUT2D eigenvalue weighted by Gasteiger charge is -2.46. The Morgan fingerprint density at radius 1 is 0.457 bits per heavy atom. The van der Waals surface area contributed by atoms with Gasteiger partial charge in [-0.25, -0.2) is 0 Å². The van der Waals surface area contributed by atoms with Crippen LogP contribution >= 0.6 is 0 Å². The van der Waals surface area contributed by atoms with Crippen molar-refractivity contribution in [1.82, 2.24) is 5.32 Å². The Hall–Kier alpha value is -3.35. The Morgan fingerprint density at radius 3 is 1.31 bits per heavy atom. The molecule has 81 heavy (non-hydrogen) atoms. The number of carbonyl (C=O) groups is 1. The van der Waals surface area contributed by atoms with E-state index in [0.717, 1.165) is 116 Å². The minimum Gasteiger partial charge on any atom is -0.394 e. The minimum absolute atomic E-state index is 0.230. The molecule has 0 spiro atoms. The van der Waals surface area contributed by atoms with Crippen LogP contribution in [0.4, 0.5) is 0 Å². The normalized spacial score (nSPS) is 24.9. The number of rotatable bonds is 49. The van der Waals surface area contributed by atoms with Crippen LogP contribution in [0.25, 0.3) is 0 Å². The Kier molecular flexibility index (Phi) is 46.5. The van der Waals surface area contributed by atoms with Crippen molar-refractivity contribution in [3.63, 3.8) is 0 Å². The highest BCUT2D eigenvalue weighted by Gasteiger charge is 2.51. The fourth-order valence-corrected chi connectivity index (χ4v) is 9.70. The van der Waals surface area contributed by atoms with E-state index >= 15 is 0 Å². The van der Waals surface area contributed by atoms with Crippen LogP contribution in [0.5, 0.6) is 0 Å². The molecule has 2 saturated heterocycles. The molecule has 464 valence electrons. The third-order valence-corrected chi connectivity index (χ3v) is 14.8. The number of carbonyl (C=O) groups excluding carboxylic acids is 1. The van der Waals surface area contributed by atoms with E-state index in [0.29, 0.717) is 12.8 Å². The van der Waals surface area contributed by atoms with Crippen molar-refractivity contribution in [2.24, 2.45) is 0 Å². The molecule has 0 aliphatic carbocycles. The fourth-order valence-electron chi connectivity index (χ4n) is 9.70. The first-order chi connectivity index (χ1) is 39.6. The molecule has 0 aromatic rings. The van der Waals surface area contributed by atoms with Crippen LogP contribution in [0.1, 0.15) is 213 Å². The van der Waals surface area contributed by atoms with E-state index in [4.69, 9.17) is 18.9 Å². The molecule has 9 N–H and O–H groups in total. The number of hydrogen-bond donors (Lipinski definition) is 9. The first-order valence-electron chi connectivity index (χ1n) is 31.6. The van der Waals surface area contributed by atoms with Gasteiger partial charge in [-0.1, -0.05) is 232 Å². The predicted octanol–water partition coefficient (Wildman–Crippen LogP) is 11.6. The first-order valence-corrected chi connectivity index (χ1v) is 31.6. The standard InChI is InChI=1S/C67H113NO13/c1-3-5-7-9-11-13-15-17-19-20-21-22-23-24-25-26-27-28-29-30-31-32-33-34-35-36-37-39-41-43-45-47-49-51-59(72)68-55(56(71)50-48-46-44-42-40-38-18-16-14-12-10-8-6-4-2)54-78-66-64(77)62(75)65(58(53-70)80-66)81-67-63(76)61(74)60(73)57(52-69)79-67/h5,7,11,13,17,19,21-22,24-25,27-28,30-31,33-34,36-37,55-58,60-67,69-71,73-77H,3-4,6,8-10,12,14-16,18,20,23,26,29,32,35,38-54H2,1-2H3,(H,68,72)/b7-5-,13-11-,19-17-,22-21-,25-24-,28-27-,31-30-,34-33-,37-36-. The third-order valence-electron chi connectivity index (χ3n) is 14.8. The van der Waals surface area contributed by atoms with E-state index in [1.54, 1.807) is 0 Å². The number of amides is 1. The molecular formula is C67H113NO13. The summed E-state index contributed by atoms with van der Waals surface area (Å²) in [5, 5.41) is 87.3. The zero-order chi connectivity index (χ0) is 58.8. The Bertz CT molecular complexity index is 1770. The van der Waals surface area contributed by atoms with Crippen LogP contribution in [0.15, 0.2) is 109 Å². The average Bonchev–Trinajstić information content (AvgIpc) is 3.47. The van der Waals surface area contributed by atoms with E-state index in [1.807, 2.05) is 0 Å². The van der Waals surface area contributed by atoms with Gasteiger partial charge in [0.05, 0.1) is 32.0 Å². The van der Waals surface area contributed by atoms with E-state index in [9.17, 15) is 45.6 Å². The molecule has 14 heteroatoms. The molecule has 2 aliphatic heterocycles. The zero-order valence-electron chi connectivity index (χ0n) is 50.0. The quantitative estimate of drug-likeness (QED) is 0.0204. The maximum Gasteiger partial charge on any atom is 0.220 e. The number of ether oxygens (including phenoxy) is 4. The smallest absolute Gasteiger partial charge is 0.220 e. The Morgan fingerprint density at radius 2 is 0.852 bits per heavy atom. The first kappa shape index (κ1) is 73.8. The molecule has 0 radical (unpaired) electrons. The number of aliphatic hydroxyl groups is 8. The summed E-state index contributed by atoms with van der Waals surface area (Å²) in [6.07, 6.45) is 55.1. The summed E-state index contributed by atoms with van der Waals surface area (Å²) >= 11 is 0. The third kappa shape index (κ3) is 36.2. The Labute approximate surface area is 489 Å². The number of nitrogens with one attached hydrogen (secondary N) is 1. The van der Waals surface area contributed by atoms with Gasteiger partial charge in [-0.05, 0) is 83.5 Å². The molecule has 14 nitrogen and oxygen atoms in total. The van der Waals surface area contributed by atoms with E-state index in [1.165, 1.54) is 64.2 Å². The summed E-state index contributed by atoms with van der Waals surface area (Å²) in [6.45, 7) is 2.72. The van der Waals surface area contributed by atoms with Gasteiger partial charge in [-0.15, -0.1) is 0 Å². The van der Waals surface area contributed by atoms with E-state index in [2.05, 4.69) is 129 Å². The van der Waals surface area contributed by atoms with Crippen LogP contribution in [-0.2, 0) is 23.7 Å². The molecule has 2 heterocycles. The molecule has 1 amide bonds. The average molecular weight is 1140 g/mol. The van der Waals surface area contributed by atoms with Crippen molar-refractivity contribution < 1.29 is 64.6 Å². The molecule has 2 fully saturated rings. The summed E-state index contributed by atoms with van der Waals surface area (Å²) < 4.78 is 22.8. The van der Waals surface area contributed by atoms with Crippen LogP contribution in [0, 0.1) is 0 Å². The summed E-state index contributed by atoms with van der Waals surface area (Å²) in [6, 6.07) is -0.847. The molecule has 12 atom stereocenters. The highest BCUT2D eigenvalue weighted by Crippen LogP contribution is 2.30. The van der Waals surface area contributed by atoms with E-state index in [-0.39, 0.29) is 18.9 Å². The maximum atomic E-state index is 13.3. The van der Waals surface area contributed by atoms with Crippen molar-refractivity contribution in [2.75, 3.05) is 19.8 Å². The predicted molar refractivity (Wildman–Crippen MR) is 327 cm³/mol. The SMILES string of the molecule is CC/C=C\C/C=C\C/C=C\C/C=C\C/C=C\C/C=C\C/C=C\C/C=C\C/C=C\CCCCCCCC(=O)NC(COC1OC(CO)C(OC2OC(CO)C(O)C(O)C2O)C(O)C1O)C(O)CCCCCCCCCCCCCCCC. The molecule has 0 aromatic carbocycles. The second-order valence-electron chi connectivity index (χ2n) is 21.8. The lowest BCUT2D eigenvalue weighted by Crippen LogP contribution is -2.65. The zero-order valence-corrected chi connectivity index (χ0v) is 50.0. The summed E-state index contributed by atoms with van der Waals surface area (Å²) in [4.78, 5) is 13.3. The fraction of sp³-hybridized carbons (Fsp3) is 0.716. The van der Waals surface area contributed by atoms with Gasteiger partial charge in [-0.2, -0.15) is 0 Å². The lowest BCUT2D eigenvalue weighted by molar-refractivity contribution is -0.359. The van der Waals surface area contributed by atoms with Gasteiger partial charge in [0.15, 0.2) is 12.6 Å². The molecule has 0 bridgehead atoms. The highest BCUT2D eigenvalue weighted by atomic mass is 16.7. The van der Waals surface area contributed by atoms with Gasteiger partial charge < -0.3 is 65.1 Å². The maximum absolute atomic E-state index is 13.3. The molecule has 0 aromatic heterocycles.